The molecule has 12 aromatic rings. The molecule has 0 saturated carbocycles. The van der Waals surface area contributed by atoms with E-state index in [2.05, 4.69) is 168 Å². The van der Waals surface area contributed by atoms with Crippen molar-refractivity contribution >= 4 is 55.0 Å². The van der Waals surface area contributed by atoms with E-state index >= 15 is 13.2 Å². The van der Waals surface area contributed by atoms with E-state index in [4.69, 9.17) is 13.1 Å². The summed E-state index contributed by atoms with van der Waals surface area (Å²) in [6.45, 7) is 25.3. The first-order chi connectivity index (χ1) is 35.9. The molecule has 2 aromatic heterocycles. The van der Waals surface area contributed by atoms with Gasteiger partial charge in [0.05, 0.1) is 52.1 Å². The molecule has 74 heavy (non-hydrogen) atoms. The van der Waals surface area contributed by atoms with Crippen LogP contribution in [0.3, 0.4) is 0 Å². The number of hydrogen-bond acceptors (Lipinski definition) is 0. The normalized spacial score (nSPS) is 11.7. The lowest BCUT2D eigenvalue weighted by atomic mass is 9.94. The fourth-order valence-electron chi connectivity index (χ4n) is 11.2. The Kier molecular flexibility index (Phi) is 10.9. The van der Waals surface area contributed by atoms with Gasteiger partial charge in [-0.1, -0.05) is 140 Å². The Morgan fingerprint density at radius 1 is 0.351 bits per heavy atom. The highest BCUT2D eigenvalue weighted by Gasteiger charge is 2.36. The Labute approximate surface area is 427 Å². The second-order valence-electron chi connectivity index (χ2n) is 19.1. The second kappa shape index (κ2) is 17.7. The first-order valence-corrected chi connectivity index (χ1v) is 24.5. The van der Waals surface area contributed by atoms with E-state index in [0.29, 0.717) is 11.4 Å². The Morgan fingerprint density at radius 2 is 0.689 bits per heavy atom. The smallest absolute Gasteiger partial charge is 0.308 e. The van der Waals surface area contributed by atoms with Crippen molar-refractivity contribution in [2.45, 2.75) is 33.9 Å². The van der Waals surface area contributed by atoms with E-state index in [-0.39, 0.29) is 22.5 Å². The van der Waals surface area contributed by atoms with Crippen LogP contribution < -0.4 is 0 Å². The van der Waals surface area contributed by atoms with Gasteiger partial charge in [-0.05, 0) is 166 Å². The summed E-state index contributed by atoms with van der Waals surface area (Å²) in [5.41, 5.74) is 16.0. The van der Waals surface area contributed by atoms with Crippen molar-refractivity contribution in [2.24, 2.45) is 0 Å². The minimum atomic E-state index is -4.82. The topological polar surface area (TPSA) is 18.6 Å². The van der Waals surface area contributed by atoms with Crippen LogP contribution in [-0.2, 0) is 6.18 Å². The van der Waals surface area contributed by atoms with Crippen LogP contribution in [0.1, 0.15) is 27.8 Å². The van der Waals surface area contributed by atoms with Gasteiger partial charge in [-0.25, -0.2) is 9.69 Å². The zero-order valence-electron chi connectivity index (χ0n) is 41.0. The fourth-order valence-corrected chi connectivity index (χ4v) is 11.2. The molecule has 0 atom stereocenters. The standard InChI is InChI=1S/C67H45F3N4/c1-40-16-7-11-20-48(40)44-26-30-60-52(34-44)53-35-45(49-21-12-8-17-41(49)2)27-31-61(53)73(60)64-38-56(66-57(67(68,69)70)24-15-25-58(66)71-5)59(72-6)39-65(64)74-62-32-28-46(50-22-13-9-18-42(50)3)36-54(62)55-37-47(29-33-63(55)74)51-23-14-10-19-43(51)4/h7-39H,1-4H3. The van der Waals surface area contributed by atoms with E-state index in [1.165, 1.54) is 12.1 Å². The fraction of sp³-hybridized carbons (Fsp3) is 0.0746. The van der Waals surface area contributed by atoms with Gasteiger partial charge in [0.1, 0.15) is 0 Å². The maximum Gasteiger partial charge on any atom is 0.415 e. The van der Waals surface area contributed by atoms with Gasteiger partial charge in [0.25, 0.3) is 0 Å². The molecule has 0 fully saturated rings. The number of hydrogen-bond donors (Lipinski definition) is 0. The Bertz CT molecular complexity index is 4180. The Morgan fingerprint density at radius 3 is 1.01 bits per heavy atom. The molecule has 0 amide bonds. The van der Waals surface area contributed by atoms with Gasteiger partial charge in [0.2, 0.25) is 0 Å². The number of nitrogens with zero attached hydrogens (tertiary/aromatic N) is 4. The van der Waals surface area contributed by atoms with Crippen molar-refractivity contribution in [1.82, 2.24) is 9.13 Å². The molecule has 7 heteroatoms. The molecule has 354 valence electrons. The van der Waals surface area contributed by atoms with Crippen LogP contribution in [0.4, 0.5) is 24.5 Å². The minimum absolute atomic E-state index is 0.0159. The van der Waals surface area contributed by atoms with E-state index in [9.17, 15) is 0 Å². The van der Waals surface area contributed by atoms with E-state index < -0.39 is 11.7 Å². The number of alkyl halides is 3. The molecule has 2 heterocycles. The van der Waals surface area contributed by atoms with Crippen LogP contribution in [0.5, 0.6) is 0 Å². The number of halogens is 3. The lowest BCUT2D eigenvalue weighted by molar-refractivity contribution is -0.137. The van der Waals surface area contributed by atoms with E-state index in [1.54, 1.807) is 12.1 Å². The molecule has 12 rings (SSSR count). The summed E-state index contributed by atoms with van der Waals surface area (Å²) in [6.07, 6.45) is -4.82. The third kappa shape index (κ3) is 7.44. The largest absolute Gasteiger partial charge is 0.415 e. The summed E-state index contributed by atoms with van der Waals surface area (Å²) < 4.78 is 50.2. The first-order valence-electron chi connectivity index (χ1n) is 24.5. The number of benzene rings is 10. The monoisotopic (exact) mass is 962 g/mol. The van der Waals surface area contributed by atoms with Gasteiger partial charge in [0.15, 0.2) is 11.4 Å². The van der Waals surface area contributed by atoms with E-state index in [0.717, 1.165) is 116 Å². The molecule has 0 aliphatic rings. The second-order valence-corrected chi connectivity index (χ2v) is 19.1. The summed E-state index contributed by atoms with van der Waals surface area (Å²) in [4.78, 5) is 7.66. The number of aromatic nitrogens is 2. The SMILES string of the molecule is [C-]#[N+]c1cc(-n2c3ccc(-c4ccccc4C)cc3c3cc(-c4ccccc4C)ccc32)c(-n2c3ccc(-c4ccccc4C)cc3c3cc(-c4ccccc4C)ccc32)cc1-c1c([N+]#[C-])cccc1C(F)(F)F. The van der Waals surface area contributed by atoms with Crippen molar-refractivity contribution < 1.29 is 13.2 Å². The maximum atomic E-state index is 15.3. The summed E-state index contributed by atoms with van der Waals surface area (Å²) in [6, 6.07) is 66.0. The van der Waals surface area contributed by atoms with Gasteiger partial charge in [-0.15, -0.1) is 0 Å². The van der Waals surface area contributed by atoms with Crippen LogP contribution in [0, 0.1) is 40.8 Å². The quantitative estimate of drug-likeness (QED) is 0.142. The minimum Gasteiger partial charge on any atom is -0.308 e. The average molecular weight is 963 g/mol. The highest BCUT2D eigenvalue weighted by molar-refractivity contribution is 6.15. The summed E-state index contributed by atoms with van der Waals surface area (Å²) in [5.74, 6) is 0. The van der Waals surface area contributed by atoms with Crippen LogP contribution in [0.15, 0.2) is 200 Å². The highest BCUT2D eigenvalue weighted by Crippen LogP contribution is 2.50. The number of rotatable bonds is 7. The molecule has 0 bridgehead atoms. The number of aryl methyl sites for hydroxylation is 4. The average Bonchev–Trinajstić information content (AvgIpc) is 3.92. The number of fused-ring (bicyclic) bond motifs is 6. The van der Waals surface area contributed by atoms with Gasteiger partial charge in [0, 0.05) is 21.5 Å². The van der Waals surface area contributed by atoms with Crippen molar-refractivity contribution in [2.75, 3.05) is 0 Å². The van der Waals surface area contributed by atoms with Crippen molar-refractivity contribution in [3.63, 3.8) is 0 Å². The summed E-state index contributed by atoms with van der Waals surface area (Å²) in [5, 5.41) is 3.84. The molecule has 10 aromatic carbocycles. The van der Waals surface area contributed by atoms with Crippen molar-refractivity contribution in [3.8, 4) is 67.0 Å². The predicted octanol–water partition coefficient (Wildman–Crippen LogP) is 19.6. The highest BCUT2D eigenvalue weighted by atomic mass is 19.4. The molecule has 0 saturated heterocycles. The zero-order valence-corrected chi connectivity index (χ0v) is 41.0. The van der Waals surface area contributed by atoms with Crippen LogP contribution >= 0.6 is 0 Å². The molecular weight excluding hydrogens is 918 g/mol. The third-order valence-electron chi connectivity index (χ3n) is 14.8. The third-order valence-corrected chi connectivity index (χ3v) is 14.8. The molecule has 4 nitrogen and oxygen atoms in total. The molecule has 0 aliphatic carbocycles. The predicted molar refractivity (Wildman–Crippen MR) is 299 cm³/mol. The first kappa shape index (κ1) is 45.7. The Hall–Kier alpha value is -9.43. The summed E-state index contributed by atoms with van der Waals surface area (Å²) in [7, 11) is 0. The molecular formula is C67H45F3N4. The molecule has 0 aliphatic heterocycles. The van der Waals surface area contributed by atoms with Crippen LogP contribution in [-0.4, -0.2) is 9.13 Å². The molecule has 0 radical (unpaired) electrons. The maximum absolute atomic E-state index is 15.3. The molecule has 0 unspecified atom stereocenters. The van der Waals surface area contributed by atoms with Crippen LogP contribution in [0.25, 0.3) is 120 Å². The van der Waals surface area contributed by atoms with Gasteiger partial charge < -0.3 is 9.13 Å². The molecule has 0 spiro atoms. The zero-order chi connectivity index (χ0) is 51.0. The Balaban J connectivity index is 1.25. The lowest BCUT2D eigenvalue weighted by Crippen LogP contribution is -2.08. The van der Waals surface area contributed by atoms with Gasteiger partial charge >= 0.3 is 6.18 Å². The van der Waals surface area contributed by atoms with Crippen LogP contribution in [0.2, 0.25) is 0 Å². The summed E-state index contributed by atoms with van der Waals surface area (Å²) >= 11 is 0. The lowest BCUT2D eigenvalue weighted by Gasteiger charge is -2.22. The molecule has 0 N–H and O–H groups in total. The van der Waals surface area contributed by atoms with Gasteiger partial charge in [-0.2, -0.15) is 13.2 Å². The van der Waals surface area contributed by atoms with Crippen molar-refractivity contribution in [1.29, 1.82) is 0 Å². The van der Waals surface area contributed by atoms with Gasteiger partial charge in [-0.3, -0.25) is 0 Å². The van der Waals surface area contributed by atoms with E-state index in [1.807, 2.05) is 48.5 Å². The van der Waals surface area contributed by atoms with Crippen molar-refractivity contribution in [3.05, 3.63) is 251 Å².